The maximum Gasteiger partial charge on any atom is 0.343 e. The molecule has 0 aromatic heterocycles. The minimum atomic E-state index is -0.653. The first-order valence-electron chi connectivity index (χ1n) is 7.78. The second kappa shape index (κ2) is 7.85. The molecule has 0 amide bonds. The molecule has 0 saturated carbocycles. The number of hydrogen-bond acceptors (Lipinski definition) is 5. The van der Waals surface area contributed by atoms with Gasteiger partial charge < -0.3 is 4.74 Å². The lowest BCUT2D eigenvalue weighted by molar-refractivity contribution is -0.385. The Labute approximate surface area is 149 Å². The monoisotopic (exact) mass is 346 g/mol. The molecule has 0 aliphatic carbocycles. The van der Waals surface area contributed by atoms with Crippen LogP contribution in [0.5, 0.6) is 5.75 Å². The van der Waals surface area contributed by atoms with Crippen molar-refractivity contribution >= 4 is 23.6 Å². The summed E-state index contributed by atoms with van der Waals surface area (Å²) in [6, 6.07) is 21.8. The molecular weight excluding hydrogens is 332 g/mol. The minimum Gasteiger partial charge on any atom is -0.416 e. The van der Waals surface area contributed by atoms with Crippen LogP contribution < -0.4 is 4.74 Å². The molecule has 0 N–H and O–H groups in total. The van der Waals surface area contributed by atoms with Crippen LogP contribution in [0.4, 0.5) is 11.4 Å². The average Bonchev–Trinajstić information content (AvgIpc) is 2.68. The first-order valence-corrected chi connectivity index (χ1v) is 7.78. The summed E-state index contributed by atoms with van der Waals surface area (Å²) in [5.41, 5.74) is 1.28. The highest BCUT2D eigenvalue weighted by molar-refractivity contribution is 5.92. The average molecular weight is 346 g/mol. The minimum absolute atomic E-state index is 0.110. The van der Waals surface area contributed by atoms with Crippen molar-refractivity contribution in [2.45, 2.75) is 0 Å². The summed E-state index contributed by atoms with van der Waals surface area (Å²) >= 11 is 0. The number of nitro benzene ring substituents is 1. The van der Waals surface area contributed by atoms with Gasteiger partial charge in [-0.15, -0.1) is 0 Å². The Morgan fingerprint density at radius 3 is 2.27 bits per heavy atom. The van der Waals surface area contributed by atoms with Crippen molar-refractivity contribution in [3.63, 3.8) is 0 Å². The Balaban J connectivity index is 1.84. The number of carbonyl (C=O) groups excluding carboxylic acids is 1. The predicted octanol–water partition coefficient (Wildman–Crippen LogP) is 4.56. The van der Waals surface area contributed by atoms with Gasteiger partial charge in [0, 0.05) is 12.3 Å². The number of esters is 1. The van der Waals surface area contributed by atoms with Crippen molar-refractivity contribution in [3.8, 4) is 5.75 Å². The van der Waals surface area contributed by atoms with E-state index in [2.05, 4.69) is 4.99 Å². The van der Waals surface area contributed by atoms with Crippen LogP contribution in [0.15, 0.2) is 83.9 Å². The van der Waals surface area contributed by atoms with Crippen LogP contribution in [0.2, 0.25) is 0 Å². The Morgan fingerprint density at radius 2 is 1.62 bits per heavy atom. The number of benzene rings is 3. The summed E-state index contributed by atoms with van der Waals surface area (Å²) in [5, 5.41) is 11.3. The van der Waals surface area contributed by atoms with E-state index in [-0.39, 0.29) is 11.4 Å². The molecule has 0 fully saturated rings. The Bertz CT molecular complexity index is 954. The van der Waals surface area contributed by atoms with Crippen LogP contribution in [0.3, 0.4) is 0 Å². The first-order chi connectivity index (χ1) is 12.6. The van der Waals surface area contributed by atoms with Crippen molar-refractivity contribution < 1.29 is 14.5 Å². The molecule has 0 unspecified atom stereocenters. The number of aliphatic imine (C=N–C) groups is 1. The summed E-state index contributed by atoms with van der Waals surface area (Å²) in [7, 11) is 0. The van der Waals surface area contributed by atoms with Crippen LogP contribution in [-0.2, 0) is 0 Å². The number of hydrogen-bond donors (Lipinski definition) is 0. The molecule has 0 radical (unpaired) electrons. The van der Waals surface area contributed by atoms with E-state index in [0.29, 0.717) is 11.1 Å². The number of rotatable bonds is 5. The quantitative estimate of drug-likeness (QED) is 0.223. The molecule has 3 aromatic carbocycles. The van der Waals surface area contributed by atoms with Crippen molar-refractivity contribution in [1.82, 2.24) is 0 Å². The van der Waals surface area contributed by atoms with Crippen LogP contribution in [0.1, 0.15) is 15.9 Å². The van der Waals surface area contributed by atoms with Crippen LogP contribution in [0.25, 0.3) is 0 Å². The van der Waals surface area contributed by atoms with Gasteiger partial charge in [0.2, 0.25) is 5.75 Å². The molecule has 26 heavy (non-hydrogen) atoms. The highest BCUT2D eigenvalue weighted by atomic mass is 16.6. The van der Waals surface area contributed by atoms with Gasteiger partial charge in [0.15, 0.2) is 0 Å². The van der Waals surface area contributed by atoms with E-state index in [4.69, 9.17) is 4.74 Å². The third-order valence-electron chi connectivity index (χ3n) is 3.51. The van der Waals surface area contributed by atoms with Gasteiger partial charge in [-0.05, 0) is 42.0 Å². The van der Waals surface area contributed by atoms with Crippen molar-refractivity contribution in [2.75, 3.05) is 0 Å². The fourth-order valence-corrected chi connectivity index (χ4v) is 2.24. The predicted molar refractivity (Wildman–Crippen MR) is 98.2 cm³/mol. The topological polar surface area (TPSA) is 81.8 Å². The van der Waals surface area contributed by atoms with Gasteiger partial charge in [0.05, 0.1) is 16.2 Å². The second-order valence-electron chi connectivity index (χ2n) is 5.33. The van der Waals surface area contributed by atoms with E-state index >= 15 is 0 Å². The zero-order chi connectivity index (χ0) is 18.4. The third kappa shape index (κ3) is 4.18. The lowest BCUT2D eigenvalue weighted by Gasteiger charge is -2.05. The molecule has 0 aliphatic rings. The molecule has 0 spiro atoms. The first kappa shape index (κ1) is 17.0. The number of nitro groups is 1. The second-order valence-corrected chi connectivity index (χ2v) is 5.33. The van der Waals surface area contributed by atoms with E-state index in [9.17, 15) is 14.9 Å². The highest BCUT2D eigenvalue weighted by Crippen LogP contribution is 2.28. The maximum absolute atomic E-state index is 12.1. The summed E-state index contributed by atoms with van der Waals surface area (Å²) in [5.74, 6) is -0.764. The molecule has 6 nitrogen and oxygen atoms in total. The van der Waals surface area contributed by atoms with E-state index in [0.717, 1.165) is 5.69 Å². The lowest BCUT2D eigenvalue weighted by atomic mass is 10.2. The Hall–Kier alpha value is -3.80. The van der Waals surface area contributed by atoms with E-state index in [1.165, 1.54) is 18.3 Å². The molecule has 0 aliphatic heterocycles. The summed E-state index contributed by atoms with van der Waals surface area (Å²) in [6.07, 6.45) is 1.52. The van der Waals surface area contributed by atoms with Gasteiger partial charge in [0.25, 0.3) is 0 Å². The van der Waals surface area contributed by atoms with Gasteiger partial charge in [-0.3, -0.25) is 15.1 Å². The molecule has 3 aromatic rings. The molecular formula is C20H14N2O4. The summed E-state index contributed by atoms with van der Waals surface area (Å²) < 4.78 is 5.19. The fourth-order valence-electron chi connectivity index (χ4n) is 2.24. The molecule has 0 bridgehead atoms. The molecule has 6 heteroatoms. The van der Waals surface area contributed by atoms with Gasteiger partial charge in [-0.1, -0.05) is 36.4 Å². The van der Waals surface area contributed by atoms with E-state index in [1.807, 2.05) is 30.3 Å². The zero-order valence-electron chi connectivity index (χ0n) is 13.6. The summed E-state index contributed by atoms with van der Waals surface area (Å²) in [4.78, 5) is 27.1. The Morgan fingerprint density at radius 1 is 0.962 bits per heavy atom. The molecule has 0 heterocycles. The van der Waals surface area contributed by atoms with Crippen LogP contribution in [0, 0.1) is 10.1 Å². The van der Waals surface area contributed by atoms with Gasteiger partial charge in [0.1, 0.15) is 0 Å². The molecule has 128 valence electrons. The van der Waals surface area contributed by atoms with Crippen molar-refractivity contribution in [2.24, 2.45) is 4.99 Å². The largest absolute Gasteiger partial charge is 0.416 e. The van der Waals surface area contributed by atoms with Gasteiger partial charge in [-0.2, -0.15) is 0 Å². The van der Waals surface area contributed by atoms with E-state index in [1.54, 1.807) is 36.4 Å². The fraction of sp³-hybridized carbons (Fsp3) is 0. The molecule has 3 rings (SSSR count). The lowest BCUT2D eigenvalue weighted by Crippen LogP contribution is -2.09. The number of para-hydroxylation sites is 1. The SMILES string of the molecule is O=C(Oc1ccc(C=Nc2ccccc2)cc1[N+](=O)[O-])c1ccccc1. The van der Waals surface area contributed by atoms with Crippen molar-refractivity contribution in [1.29, 1.82) is 0 Å². The van der Waals surface area contributed by atoms with E-state index < -0.39 is 10.9 Å². The molecule has 0 saturated heterocycles. The summed E-state index contributed by atoms with van der Waals surface area (Å²) in [6.45, 7) is 0. The maximum atomic E-state index is 12.1. The number of nitrogens with zero attached hydrogens (tertiary/aromatic N) is 2. The smallest absolute Gasteiger partial charge is 0.343 e. The molecule has 0 atom stereocenters. The van der Waals surface area contributed by atoms with Crippen LogP contribution in [-0.4, -0.2) is 17.1 Å². The number of ether oxygens (including phenoxy) is 1. The Kier molecular flexibility index (Phi) is 5.14. The van der Waals surface area contributed by atoms with Gasteiger partial charge >= 0.3 is 11.7 Å². The number of carbonyl (C=O) groups is 1. The zero-order valence-corrected chi connectivity index (χ0v) is 13.6. The van der Waals surface area contributed by atoms with Crippen LogP contribution >= 0.6 is 0 Å². The van der Waals surface area contributed by atoms with Gasteiger partial charge in [-0.25, -0.2) is 4.79 Å². The normalized spacial score (nSPS) is 10.6. The third-order valence-corrected chi connectivity index (χ3v) is 3.51. The van der Waals surface area contributed by atoms with Crippen molar-refractivity contribution in [3.05, 3.63) is 100 Å². The highest BCUT2D eigenvalue weighted by Gasteiger charge is 2.19. The standard InChI is InChI=1S/C20H14N2O4/c23-20(16-7-3-1-4-8-16)26-19-12-11-15(13-18(19)22(24)25)14-21-17-9-5-2-6-10-17/h1-14H.